The van der Waals surface area contributed by atoms with Gasteiger partial charge in [-0.1, -0.05) is 24.3 Å². The van der Waals surface area contributed by atoms with E-state index in [2.05, 4.69) is 16.8 Å². The van der Waals surface area contributed by atoms with Gasteiger partial charge in [-0.3, -0.25) is 9.69 Å². The van der Waals surface area contributed by atoms with Crippen molar-refractivity contribution in [3.63, 3.8) is 0 Å². The van der Waals surface area contributed by atoms with Gasteiger partial charge in [0.1, 0.15) is 11.5 Å². The molecule has 0 atom stereocenters. The summed E-state index contributed by atoms with van der Waals surface area (Å²) in [5, 5.41) is 0. The van der Waals surface area contributed by atoms with Crippen LogP contribution in [0.4, 0.5) is 0 Å². The second-order valence-electron chi connectivity index (χ2n) is 5.99. The van der Waals surface area contributed by atoms with Gasteiger partial charge in [0, 0.05) is 37.3 Å². The van der Waals surface area contributed by atoms with Gasteiger partial charge in [0.25, 0.3) is 0 Å². The Morgan fingerprint density at radius 3 is 2.32 bits per heavy atom. The lowest BCUT2D eigenvalue weighted by atomic mass is 10.1. The highest BCUT2D eigenvalue weighted by Crippen LogP contribution is 2.22. The van der Waals surface area contributed by atoms with Crippen LogP contribution in [-0.2, 0) is 0 Å². The number of hydrogen-bond acceptors (Lipinski definition) is 4. The first kappa shape index (κ1) is 15.0. The highest BCUT2D eigenvalue weighted by Gasteiger charge is 2.17. The van der Waals surface area contributed by atoms with Crippen LogP contribution in [0.1, 0.15) is 16.1 Å². The maximum atomic E-state index is 12.4. The number of furan rings is 1. The highest BCUT2D eigenvalue weighted by atomic mass is 16.3. The minimum atomic E-state index is 0.187. The molecule has 0 aliphatic carbocycles. The fourth-order valence-electron chi connectivity index (χ4n) is 2.71. The molecule has 4 heteroatoms. The van der Waals surface area contributed by atoms with Crippen LogP contribution in [0.2, 0.25) is 0 Å². The smallest absolute Gasteiger partial charge is 0.176 e. The number of nitrogens with zero attached hydrogens (tertiary/aromatic N) is 2. The third-order valence-electron chi connectivity index (χ3n) is 4.19. The van der Waals surface area contributed by atoms with Gasteiger partial charge in [0.15, 0.2) is 5.78 Å². The molecule has 0 N–H and O–H groups in total. The lowest BCUT2D eigenvalue weighted by molar-refractivity contribution is 0.0876. The molecule has 3 rings (SSSR count). The molecule has 1 saturated heterocycles. The molecule has 22 heavy (non-hydrogen) atoms. The predicted octanol–water partition coefficient (Wildman–Crippen LogP) is 2.69. The molecule has 4 nitrogen and oxygen atoms in total. The van der Waals surface area contributed by atoms with Crippen molar-refractivity contribution < 1.29 is 9.21 Å². The first-order chi connectivity index (χ1) is 10.6. The van der Waals surface area contributed by atoms with Crippen LogP contribution in [0.5, 0.6) is 0 Å². The van der Waals surface area contributed by atoms with Gasteiger partial charge >= 0.3 is 0 Å². The molecule has 1 aliphatic rings. The number of carbonyl (C=O) groups is 1. The zero-order chi connectivity index (χ0) is 15.5. The van der Waals surface area contributed by atoms with Crippen molar-refractivity contribution in [1.29, 1.82) is 0 Å². The van der Waals surface area contributed by atoms with Gasteiger partial charge in [-0.2, -0.15) is 0 Å². The fourth-order valence-corrected chi connectivity index (χ4v) is 2.71. The average molecular weight is 298 g/mol. The Morgan fingerprint density at radius 2 is 1.73 bits per heavy atom. The molecular weight excluding hydrogens is 276 g/mol. The molecule has 1 aromatic carbocycles. The van der Waals surface area contributed by atoms with Gasteiger partial charge < -0.3 is 9.32 Å². The quantitative estimate of drug-likeness (QED) is 0.813. The van der Waals surface area contributed by atoms with E-state index in [1.165, 1.54) is 0 Å². The zero-order valence-electron chi connectivity index (χ0n) is 13.2. The molecular formula is C18H22N2O2. The first-order valence-electron chi connectivity index (χ1n) is 7.73. The number of carbonyl (C=O) groups excluding carboxylic acids is 1. The molecule has 0 saturated carbocycles. The number of piperazine rings is 1. The maximum Gasteiger partial charge on any atom is 0.176 e. The Hall–Kier alpha value is -1.91. The van der Waals surface area contributed by atoms with Crippen molar-refractivity contribution in [1.82, 2.24) is 9.80 Å². The van der Waals surface area contributed by atoms with Crippen LogP contribution in [0.3, 0.4) is 0 Å². The normalized spacial score (nSPS) is 16.8. The summed E-state index contributed by atoms with van der Waals surface area (Å²) in [5.41, 5.74) is 1.77. The lowest BCUT2D eigenvalue weighted by Gasteiger charge is -2.31. The van der Waals surface area contributed by atoms with Crippen molar-refractivity contribution in [2.24, 2.45) is 0 Å². The van der Waals surface area contributed by atoms with Gasteiger partial charge in [-0.15, -0.1) is 0 Å². The molecule has 116 valence electrons. The molecule has 0 spiro atoms. The van der Waals surface area contributed by atoms with Crippen molar-refractivity contribution in [2.75, 3.05) is 39.8 Å². The van der Waals surface area contributed by atoms with E-state index in [4.69, 9.17) is 4.42 Å². The van der Waals surface area contributed by atoms with Crippen molar-refractivity contribution in [3.05, 3.63) is 47.7 Å². The summed E-state index contributed by atoms with van der Waals surface area (Å²) in [7, 11) is 2.12. The number of Topliss-reactive ketones (excluding diaryl/α,β-unsaturated/α-hetero) is 1. The minimum absolute atomic E-state index is 0.187. The topological polar surface area (TPSA) is 36.7 Å². The van der Waals surface area contributed by atoms with Crippen LogP contribution in [0.15, 0.2) is 40.8 Å². The Bertz CT molecular complexity index is 637. The summed E-state index contributed by atoms with van der Waals surface area (Å²) in [6.07, 6.45) is 0. The summed E-state index contributed by atoms with van der Waals surface area (Å²) >= 11 is 0. The van der Waals surface area contributed by atoms with Gasteiger partial charge in [-0.05, 0) is 26.1 Å². The fraction of sp³-hybridized carbons (Fsp3) is 0.389. The molecule has 2 heterocycles. The van der Waals surface area contributed by atoms with Gasteiger partial charge in [0.05, 0.1) is 6.54 Å². The Morgan fingerprint density at radius 1 is 1.05 bits per heavy atom. The van der Waals surface area contributed by atoms with E-state index >= 15 is 0 Å². The lowest BCUT2D eigenvalue weighted by Crippen LogP contribution is -2.46. The van der Waals surface area contributed by atoms with Crippen LogP contribution < -0.4 is 0 Å². The third-order valence-corrected chi connectivity index (χ3v) is 4.19. The Kier molecular flexibility index (Phi) is 4.41. The van der Waals surface area contributed by atoms with E-state index in [-0.39, 0.29) is 5.78 Å². The summed E-state index contributed by atoms with van der Waals surface area (Å²) in [5.74, 6) is 1.92. The van der Waals surface area contributed by atoms with Gasteiger partial charge in [-0.25, -0.2) is 0 Å². The average Bonchev–Trinajstić information content (AvgIpc) is 2.96. The second-order valence-corrected chi connectivity index (χ2v) is 5.99. The summed E-state index contributed by atoms with van der Waals surface area (Å²) in [6.45, 7) is 6.43. The molecule has 1 fully saturated rings. The number of likely N-dealkylation sites (N-methyl/N-ethyl adjacent to an activating group) is 1. The number of aryl methyl sites for hydroxylation is 1. The van der Waals surface area contributed by atoms with Crippen LogP contribution >= 0.6 is 0 Å². The van der Waals surface area contributed by atoms with Crippen LogP contribution in [-0.4, -0.2) is 55.4 Å². The van der Waals surface area contributed by atoms with E-state index in [9.17, 15) is 4.79 Å². The first-order valence-corrected chi connectivity index (χ1v) is 7.73. The number of rotatable bonds is 4. The SMILES string of the molecule is Cc1ccc(-c2ccc(C(=O)CN3CCN(C)CC3)cc2)o1. The van der Waals surface area contributed by atoms with Crippen molar-refractivity contribution >= 4 is 5.78 Å². The maximum absolute atomic E-state index is 12.4. The number of ketones is 1. The summed E-state index contributed by atoms with van der Waals surface area (Å²) in [6, 6.07) is 11.6. The van der Waals surface area contributed by atoms with E-state index in [1.54, 1.807) is 0 Å². The third kappa shape index (κ3) is 3.46. The van der Waals surface area contributed by atoms with Crippen LogP contribution in [0, 0.1) is 6.92 Å². The summed E-state index contributed by atoms with van der Waals surface area (Å²) < 4.78 is 5.60. The van der Waals surface area contributed by atoms with Gasteiger partial charge in [0.2, 0.25) is 0 Å². The number of hydrogen-bond donors (Lipinski definition) is 0. The van der Waals surface area contributed by atoms with E-state index in [0.717, 1.165) is 48.8 Å². The monoisotopic (exact) mass is 298 g/mol. The highest BCUT2D eigenvalue weighted by molar-refractivity contribution is 5.98. The Labute approximate surface area is 131 Å². The molecule has 0 unspecified atom stereocenters. The molecule has 1 aliphatic heterocycles. The standard InChI is InChI=1S/C18H22N2O2/c1-14-3-8-18(22-14)16-6-4-15(5-7-16)17(21)13-20-11-9-19(2)10-12-20/h3-8H,9-13H2,1-2H3. The Balaban J connectivity index is 1.63. The number of benzene rings is 1. The minimum Gasteiger partial charge on any atom is -0.461 e. The van der Waals surface area contributed by atoms with Crippen molar-refractivity contribution in [2.45, 2.75) is 6.92 Å². The van der Waals surface area contributed by atoms with E-state index in [1.807, 2.05) is 43.3 Å². The zero-order valence-corrected chi connectivity index (χ0v) is 13.2. The largest absolute Gasteiger partial charge is 0.461 e. The van der Waals surface area contributed by atoms with Crippen molar-refractivity contribution in [3.8, 4) is 11.3 Å². The van der Waals surface area contributed by atoms with E-state index < -0.39 is 0 Å². The predicted molar refractivity (Wildman–Crippen MR) is 87.1 cm³/mol. The van der Waals surface area contributed by atoms with Crippen LogP contribution in [0.25, 0.3) is 11.3 Å². The molecule has 0 amide bonds. The molecule has 1 aromatic heterocycles. The second kappa shape index (κ2) is 6.46. The molecule has 2 aromatic rings. The molecule has 0 radical (unpaired) electrons. The molecule has 0 bridgehead atoms. The van der Waals surface area contributed by atoms with E-state index in [0.29, 0.717) is 6.54 Å². The summed E-state index contributed by atoms with van der Waals surface area (Å²) in [4.78, 5) is 16.9.